The molecule has 56 valence electrons. The van der Waals surface area contributed by atoms with E-state index in [4.69, 9.17) is 5.73 Å². The zero-order valence-corrected chi connectivity index (χ0v) is 5.95. The number of amides is 2. The second-order valence-electron chi connectivity index (χ2n) is 2.31. The van der Waals surface area contributed by atoms with Crippen LogP contribution in [0.5, 0.6) is 0 Å². The lowest BCUT2D eigenvalue weighted by atomic mass is 10.4. The monoisotopic (exact) mass is 141 g/mol. The zero-order valence-electron chi connectivity index (χ0n) is 5.95. The van der Waals surface area contributed by atoms with Gasteiger partial charge < -0.3 is 10.6 Å². The van der Waals surface area contributed by atoms with Gasteiger partial charge in [0.25, 0.3) is 0 Å². The molecular weight excluding hydrogens is 130 g/mol. The first-order chi connectivity index (χ1) is 4.70. The van der Waals surface area contributed by atoms with Crippen LogP contribution in [0.3, 0.4) is 0 Å². The van der Waals surface area contributed by atoms with Crippen LogP contribution in [0.4, 0.5) is 4.79 Å². The quantitative estimate of drug-likeness (QED) is 0.507. The predicted octanol–water partition coefficient (Wildman–Crippen LogP) is -0.216. The van der Waals surface area contributed by atoms with Crippen molar-refractivity contribution in [3.8, 4) is 0 Å². The van der Waals surface area contributed by atoms with Crippen molar-refractivity contribution in [3.05, 3.63) is 12.4 Å². The first-order valence-corrected chi connectivity index (χ1v) is 3.15. The zero-order chi connectivity index (χ0) is 7.56. The van der Waals surface area contributed by atoms with Gasteiger partial charge in [-0.1, -0.05) is 0 Å². The number of carbonyl (C=O) groups is 1. The minimum atomic E-state index is -0.385. The van der Waals surface area contributed by atoms with Crippen molar-refractivity contribution in [1.82, 2.24) is 9.80 Å². The summed E-state index contributed by atoms with van der Waals surface area (Å²) in [4.78, 5) is 14.0. The van der Waals surface area contributed by atoms with Gasteiger partial charge >= 0.3 is 6.03 Å². The van der Waals surface area contributed by atoms with Crippen LogP contribution in [-0.4, -0.2) is 36.0 Å². The molecule has 1 heterocycles. The lowest BCUT2D eigenvalue weighted by Crippen LogP contribution is -2.39. The highest BCUT2D eigenvalue weighted by Gasteiger charge is 2.09. The molecule has 4 heteroatoms. The maximum Gasteiger partial charge on any atom is 0.318 e. The van der Waals surface area contributed by atoms with E-state index in [9.17, 15) is 4.79 Å². The van der Waals surface area contributed by atoms with Crippen molar-refractivity contribution < 1.29 is 4.79 Å². The Morgan fingerprint density at radius 2 is 2.20 bits per heavy atom. The van der Waals surface area contributed by atoms with Gasteiger partial charge in [-0.05, 0) is 0 Å². The Bertz CT molecular complexity index is 166. The van der Waals surface area contributed by atoms with Crippen molar-refractivity contribution in [3.63, 3.8) is 0 Å². The molecule has 1 aliphatic heterocycles. The molecule has 0 radical (unpaired) electrons. The van der Waals surface area contributed by atoms with Gasteiger partial charge in [0.05, 0.1) is 0 Å². The molecule has 0 saturated carbocycles. The molecular formula is C6H11N3O. The maximum atomic E-state index is 10.5. The van der Waals surface area contributed by atoms with Gasteiger partial charge in [-0.15, -0.1) is 0 Å². The second-order valence-corrected chi connectivity index (χ2v) is 2.31. The topological polar surface area (TPSA) is 49.6 Å². The molecule has 4 nitrogen and oxygen atoms in total. The van der Waals surface area contributed by atoms with Gasteiger partial charge in [-0.2, -0.15) is 0 Å². The second kappa shape index (κ2) is 2.60. The molecule has 0 aromatic heterocycles. The minimum absolute atomic E-state index is 0.385. The fourth-order valence-corrected chi connectivity index (χ4v) is 0.792. The average molecular weight is 141 g/mol. The van der Waals surface area contributed by atoms with Crippen molar-refractivity contribution in [2.45, 2.75) is 0 Å². The summed E-state index contributed by atoms with van der Waals surface area (Å²) in [5.74, 6) is 0. The summed E-state index contributed by atoms with van der Waals surface area (Å²) < 4.78 is 0. The number of hydrogen-bond acceptors (Lipinski definition) is 2. The van der Waals surface area contributed by atoms with E-state index in [1.165, 1.54) is 4.90 Å². The number of urea groups is 1. The Balaban J connectivity index is 2.53. The Kier molecular flexibility index (Phi) is 1.80. The van der Waals surface area contributed by atoms with Crippen LogP contribution in [-0.2, 0) is 0 Å². The van der Waals surface area contributed by atoms with Gasteiger partial charge in [0.2, 0.25) is 0 Å². The van der Waals surface area contributed by atoms with Gasteiger partial charge in [-0.25, -0.2) is 4.79 Å². The molecule has 0 aromatic carbocycles. The van der Waals surface area contributed by atoms with Crippen molar-refractivity contribution in [2.75, 3.05) is 20.1 Å². The summed E-state index contributed by atoms with van der Waals surface area (Å²) >= 11 is 0. The largest absolute Gasteiger partial charge is 0.377 e. The van der Waals surface area contributed by atoms with Gasteiger partial charge in [0.1, 0.15) is 0 Å². The molecule has 0 unspecified atom stereocenters. The summed E-state index contributed by atoms with van der Waals surface area (Å²) in [7, 11) is 1.95. The molecule has 1 aliphatic rings. The molecule has 0 spiro atoms. The van der Waals surface area contributed by atoms with Crippen molar-refractivity contribution in [1.29, 1.82) is 0 Å². The minimum Gasteiger partial charge on any atom is -0.377 e. The van der Waals surface area contributed by atoms with E-state index >= 15 is 0 Å². The summed E-state index contributed by atoms with van der Waals surface area (Å²) in [6, 6.07) is -0.385. The fraction of sp³-hybridized carbons (Fsp3) is 0.500. The predicted molar refractivity (Wildman–Crippen MR) is 38.1 cm³/mol. The molecule has 0 aromatic rings. The number of carbonyl (C=O) groups excluding carboxylic acids is 1. The van der Waals surface area contributed by atoms with E-state index in [0.29, 0.717) is 6.54 Å². The Labute approximate surface area is 59.9 Å². The van der Waals surface area contributed by atoms with E-state index < -0.39 is 0 Å². The Morgan fingerprint density at radius 1 is 1.50 bits per heavy atom. The molecule has 1 rings (SSSR count). The molecule has 0 bridgehead atoms. The lowest BCUT2D eigenvalue weighted by Gasteiger charge is -2.25. The van der Waals surface area contributed by atoms with Crippen molar-refractivity contribution >= 4 is 6.03 Å². The standard InChI is InChI=1S/C6H11N3O/c1-8-2-4-9(5-3-8)6(7)10/h2,4H,3,5H2,1H3,(H2,7,10). The molecule has 2 N–H and O–H groups in total. The van der Waals surface area contributed by atoms with Gasteiger partial charge in [0.15, 0.2) is 0 Å². The molecule has 0 aliphatic carbocycles. The fourth-order valence-electron chi connectivity index (χ4n) is 0.792. The van der Waals surface area contributed by atoms with Crippen LogP contribution in [0, 0.1) is 0 Å². The van der Waals surface area contributed by atoms with E-state index in [1.807, 2.05) is 18.1 Å². The van der Waals surface area contributed by atoms with Crippen LogP contribution in [0.1, 0.15) is 0 Å². The lowest BCUT2D eigenvalue weighted by molar-refractivity contribution is 0.215. The highest BCUT2D eigenvalue weighted by Crippen LogP contribution is 1.98. The Hall–Kier alpha value is -1.19. The smallest absolute Gasteiger partial charge is 0.318 e. The summed E-state index contributed by atoms with van der Waals surface area (Å²) in [6.45, 7) is 1.53. The summed E-state index contributed by atoms with van der Waals surface area (Å²) in [6.07, 6.45) is 3.51. The number of primary amides is 1. The van der Waals surface area contributed by atoms with Crippen LogP contribution in [0.2, 0.25) is 0 Å². The van der Waals surface area contributed by atoms with Crippen LogP contribution in [0.25, 0.3) is 0 Å². The molecule has 0 saturated heterocycles. The highest BCUT2D eigenvalue weighted by atomic mass is 16.2. The van der Waals surface area contributed by atoms with Gasteiger partial charge in [0, 0.05) is 32.5 Å². The van der Waals surface area contributed by atoms with E-state index in [1.54, 1.807) is 6.20 Å². The molecule has 0 atom stereocenters. The third kappa shape index (κ3) is 1.40. The summed E-state index contributed by atoms with van der Waals surface area (Å²) in [5.41, 5.74) is 5.03. The molecule has 0 fully saturated rings. The van der Waals surface area contributed by atoms with Gasteiger partial charge in [-0.3, -0.25) is 4.90 Å². The first kappa shape index (κ1) is 6.92. The van der Waals surface area contributed by atoms with Crippen LogP contribution in [0.15, 0.2) is 12.4 Å². The SMILES string of the molecule is CN1C=CN(C(N)=O)CC1. The summed E-state index contributed by atoms with van der Waals surface area (Å²) in [5, 5.41) is 0. The third-order valence-corrected chi connectivity index (χ3v) is 1.48. The normalized spacial score (nSPS) is 17.7. The van der Waals surface area contributed by atoms with E-state index in [2.05, 4.69) is 0 Å². The number of nitrogens with zero attached hydrogens (tertiary/aromatic N) is 2. The third-order valence-electron chi connectivity index (χ3n) is 1.48. The van der Waals surface area contributed by atoms with E-state index in [-0.39, 0.29) is 6.03 Å². The van der Waals surface area contributed by atoms with Crippen molar-refractivity contribution in [2.24, 2.45) is 5.73 Å². The number of rotatable bonds is 0. The number of nitrogens with two attached hydrogens (primary N) is 1. The number of likely N-dealkylation sites (N-methyl/N-ethyl adjacent to an activating group) is 1. The maximum absolute atomic E-state index is 10.5. The van der Waals surface area contributed by atoms with E-state index in [0.717, 1.165) is 6.54 Å². The average Bonchev–Trinajstić information content (AvgIpc) is 1.88. The van der Waals surface area contributed by atoms with Crippen LogP contribution >= 0.6 is 0 Å². The highest BCUT2D eigenvalue weighted by molar-refractivity contribution is 5.73. The molecule has 10 heavy (non-hydrogen) atoms. The molecule has 2 amide bonds. The Morgan fingerprint density at radius 3 is 2.60 bits per heavy atom. The number of hydrogen-bond donors (Lipinski definition) is 1. The first-order valence-electron chi connectivity index (χ1n) is 3.15. The van der Waals surface area contributed by atoms with Crippen LogP contribution < -0.4 is 5.73 Å².